The highest BCUT2D eigenvalue weighted by Crippen LogP contribution is 2.46. The zero-order valence-corrected chi connectivity index (χ0v) is 25.1. The zero-order chi connectivity index (χ0) is 29.9. The molecule has 0 heterocycles. The molecule has 0 saturated heterocycles. The molecule has 1 aliphatic carbocycles. The molecule has 0 aromatic heterocycles. The molecule has 212 valence electrons. The second kappa shape index (κ2) is 12.3. The third-order valence-corrected chi connectivity index (χ3v) is 9.43. The van der Waals surface area contributed by atoms with Crippen LogP contribution in [0.3, 0.4) is 0 Å². The monoisotopic (exact) mass is 606 g/mol. The summed E-state index contributed by atoms with van der Waals surface area (Å²) >= 11 is 2.98. The summed E-state index contributed by atoms with van der Waals surface area (Å²) < 4.78 is 0. The zero-order valence-electron chi connectivity index (χ0n) is 23.5. The van der Waals surface area contributed by atoms with Gasteiger partial charge in [-0.05, 0) is 72.8 Å². The van der Waals surface area contributed by atoms with E-state index in [4.69, 9.17) is 0 Å². The van der Waals surface area contributed by atoms with E-state index >= 15 is 0 Å². The summed E-state index contributed by atoms with van der Waals surface area (Å²) in [5, 5.41) is 6.84. The molecule has 0 unspecified atom stereocenters. The van der Waals surface area contributed by atoms with Gasteiger partial charge in [-0.15, -0.1) is 0 Å². The van der Waals surface area contributed by atoms with E-state index in [2.05, 4.69) is 10.6 Å². The Bertz CT molecular complexity index is 1690. The van der Waals surface area contributed by atoms with Crippen molar-refractivity contribution in [2.75, 3.05) is 10.6 Å². The lowest BCUT2D eigenvalue weighted by atomic mass is 9.82. The van der Waals surface area contributed by atoms with Crippen LogP contribution < -0.4 is 10.6 Å². The number of benzene rings is 6. The number of para-hydroxylation sites is 2. The molecule has 0 spiro atoms. The van der Waals surface area contributed by atoms with Crippen LogP contribution >= 0.6 is 23.5 Å². The van der Waals surface area contributed by atoms with Gasteiger partial charge in [-0.2, -0.15) is 0 Å². The number of hydrogen-bond acceptors (Lipinski definition) is 6. The molecule has 2 N–H and O–H groups in total. The van der Waals surface area contributed by atoms with Gasteiger partial charge in [0.1, 0.15) is 0 Å². The summed E-state index contributed by atoms with van der Waals surface area (Å²) in [6.07, 6.45) is 0. The Morgan fingerprint density at radius 1 is 0.364 bits per heavy atom. The summed E-state index contributed by atoms with van der Waals surface area (Å²) in [5.74, 6) is -0.364. The van der Waals surface area contributed by atoms with Crippen LogP contribution in [0.5, 0.6) is 0 Å². The van der Waals surface area contributed by atoms with Gasteiger partial charge < -0.3 is 10.6 Å². The number of rotatable bonds is 8. The molecular weight excluding hydrogens is 581 g/mol. The lowest BCUT2D eigenvalue weighted by Crippen LogP contribution is -2.25. The lowest BCUT2D eigenvalue weighted by molar-refractivity contribution is 0.0976. The Morgan fingerprint density at radius 2 is 0.705 bits per heavy atom. The summed E-state index contributed by atoms with van der Waals surface area (Å²) in [6.45, 7) is 0. The fourth-order valence-electron chi connectivity index (χ4n) is 5.30. The largest absolute Gasteiger partial charge is 0.355 e. The smallest absolute Gasteiger partial charge is 0.198 e. The van der Waals surface area contributed by atoms with Crippen molar-refractivity contribution >= 4 is 57.8 Å². The Hall–Kier alpha value is -5.04. The van der Waals surface area contributed by atoms with Crippen molar-refractivity contribution in [1.29, 1.82) is 0 Å². The maximum atomic E-state index is 14.9. The van der Waals surface area contributed by atoms with E-state index in [1.54, 1.807) is 0 Å². The second-order valence-corrected chi connectivity index (χ2v) is 12.4. The van der Waals surface area contributed by atoms with Gasteiger partial charge in [0.2, 0.25) is 0 Å². The molecule has 0 bridgehead atoms. The maximum Gasteiger partial charge on any atom is 0.198 e. The minimum Gasteiger partial charge on any atom is -0.355 e. The first kappa shape index (κ1) is 27.8. The predicted molar refractivity (Wildman–Crippen MR) is 180 cm³/mol. The van der Waals surface area contributed by atoms with E-state index in [0.29, 0.717) is 33.6 Å². The van der Waals surface area contributed by atoms with E-state index < -0.39 is 0 Å². The first-order valence-electron chi connectivity index (χ1n) is 14.2. The molecule has 6 aromatic rings. The molecule has 1 aliphatic rings. The summed E-state index contributed by atoms with van der Waals surface area (Å²) in [4.78, 5) is 33.1. The van der Waals surface area contributed by atoms with Crippen molar-refractivity contribution in [3.8, 4) is 0 Å². The first-order valence-corrected chi connectivity index (χ1v) is 15.8. The maximum absolute atomic E-state index is 14.9. The Morgan fingerprint density at radius 3 is 1.09 bits per heavy atom. The minimum atomic E-state index is -0.197. The number of ketones is 2. The molecule has 7 rings (SSSR count). The van der Waals surface area contributed by atoms with E-state index in [9.17, 15) is 9.59 Å². The van der Waals surface area contributed by atoms with Gasteiger partial charge in [0.15, 0.2) is 11.6 Å². The Kier molecular flexibility index (Phi) is 7.76. The SMILES string of the molecule is O=C1c2c(Nc3ccccc3)ccc(Sc3ccccc3)c2C(=O)c2c(Sc3ccccc3)ccc(Nc3ccccc3)c21. The van der Waals surface area contributed by atoms with Crippen molar-refractivity contribution in [2.45, 2.75) is 19.6 Å². The molecule has 6 aromatic carbocycles. The molecule has 0 radical (unpaired) electrons. The van der Waals surface area contributed by atoms with Crippen molar-refractivity contribution < 1.29 is 9.59 Å². The van der Waals surface area contributed by atoms with Gasteiger partial charge in [0.25, 0.3) is 0 Å². The van der Waals surface area contributed by atoms with Gasteiger partial charge in [-0.3, -0.25) is 9.59 Å². The topological polar surface area (TPSA) is 58.2 Å². The van der Waals surface area contributed by atoms with Crippen molar-refractivity contribution in [3.05, 3.63) is 168 Å². The quantitative estimate of drug-likeness (QED) is 0.180. The van der Waals surface area contributed by atoms with Crippen molar-refractivity contribution in [3.63, 3.8) is 0 Å². The van der Waals surface area contributed by atoms with Gasteiger partial charge in [0, 0.05) is 42.1 Å². The summed E-state index contributed by atoms with van der Waals surface area (Å²) in [5.41, 5.74) is 4.46. The molecule has 4 nitrogen and oxygen atoms in total. The number of hydrogen-bond donors (Lipinski definition) is 2. The minimum absolute atomic E-state index is 0.167. The molecule has 0 saturated carbocycles. The molecule has 44 heavy (non-hydrogen) atoms. The molecule has 0 fully saturated rings. The average Bonchev–Trinajstić information content (AvgIpc) is 3.06. The van der Waals surface area contributed by atoms with Crippen LogP contribution in [0, 0.1) is 0 Å². The Labute approximate surface area is 264 Å². The lowest BCUT2D eigenvalue weighted by Gasteiger charge is -2.27. The first-order chi connectivity index (χ1) is 21.7. The molecular formula is C38H26N2O2S2. The number of carbonyl (C=O) groups is 2. The average molecular weight is 607 g/mol. The van der Waals surface area contributed by atoms with E-state index in [0.717, 1.165) is 31.0 Å². The van der Waals surface area contributed by atoms with Crippen molar-refractivity contribution in [1.82, 2.24) is 0 Å². The predicted octanol–water partition coefficient (Wildman–Crippen LogP) is 10.3. The second-order valence-electron chi connectivity index (χ2n) is 10.2. The fourth-order valence-corrected chi connectivity index (χ4v) is 7.26. The summed E-state index contributed by atoms with van der Waals surface area (Å²) in [7, 11) is 0. The molecule has 0 amide bonds. The third-order valence-electron chi connectivity index (χ3n) is 7.29. The van der Waals surface area contributed by atoms with Crippen LogP contribution in [0.4, 0.5) is 22.7 Å². The summed E-state index contributed by atoms with van der Waals surface area (Å²) in [6, 6.07) is 46.9. The van der Waals surface area contributed by atoms with Gasteiger partial charge in [-0.25, -0.2) is 0 Å². The van der Waals surface area contributed by atoms with Crippen LogP contribution in [-0.2, 0) is 0 Å². The highest BCUT2D eigenvalue weighted by atomic mass is 32.2. The van der Waals surface area contributed by atoms with Crippen LogP contribution in [-0.4, -0.2) is 11.6 Å². The van der Waals surface area contributed by atoms with Crippen LogP contribution in [0.2, 0.25) is 0 Å². The fraction of sp³-hybridized carbons (Fsp3) is 0. The van der Waals surface area contributed by atoms with E-state index in [1.807, 2.05) is 146 Å². The van der Waals surface area contributed by atoms with Crippen LogP contribution in [0.15, 0.2) is 165 Å². The van der Waals surface area contributed by atoms with E-state index in [1.165, 1.54) is 23.5 Å². The number of carbonyl (C=O) groups excluding carboxylic acids is 2. The van der Waals surface area contributed by atoms with Crippen molar-refractivity contribution in [2.24, 2.45) is 0 Å². The molecule has 6 heteroatoms. The third kappa shape index (κ3) is 5.53. The van der Waals surface area contributed by atoms with Crippen LogP contribution in [0.25, 0.3) is 0 Å². The number of anilines is 4. The number of fused-ring (bicyclic) bond motifs is 2. The molecule has 0 atom stereocenters. The van der Waals surface area contributed by atoms with Crippen LogP contribution in [0.1, 0.15) is 31.8 Å². The standard InChI is InChI=1S/C38H26N2O2S2/c41-37-33-29(39-25-13-5-1-6-14-25)21-23-31(43-27-17-9-3-10-18-27)35(33)38(42)36-32(44-28-19-11-4-12-20-28)24-22-30(34(36)37)40-26-15-7-2-8-16-26/h1-24,39-40H. The Balaban J connectivity index is 1.43. The van der Waals surface area contributed by atoms with E-state index in [-0.39, 0.29) is 11.6 Å². The number of nitrogens with one attached hydrogen (secondary N) is 2. The molecule has 0 aliphatic heterocycles. The normalized spacial score (nSPS) is 11.9. The van der Waals surface area contributed by atoms with Gasteiger partial charge in [-0.1, -0.05) is 96.3 Å². The van der Waals surface area contributed by atoms with Gasteiger partial charge >= 0.3 is 0 Å². The highest BCUT2D eigenvalue weighted by molar-refractivity contribution is 7.99. The van der Waals surface area contributed by atoms with Gasteiger partial charge in [0.05, 0.1) is 22.5 Å². The highest BCUT2D eigenvalue weighted by Gasteiger charge is 2.38.